The monoisotopic (exact) mass is 310 g/mol. The number of hydrogen-bond acceptors (Lipinski definition) is 2. The van der Waals surface area contributed by atoms with Crippen molar-refractivity contribution in [3.63, 3.8) is 0 Å². The van der Waals surface area contributed by atoms with Crippen LogP contribution in [-0.4, -0.2) is 12.5 Å². The highest BCUT2D eigenvalue weighted by Crippen LogP contribution is 2.30. The van der Waals surface area contributed by atoms with Crippen LogP contribution in [0.25, 0.3) is 0 Å². The Morgan fingerprint density at radius 1 is 1.29 bits per heavy atom. The number of halogens is 1. The third-order valence-electron chi connectivity index (χ3n) is 4.33. The lowest BCUT2D eigenvalue weighted by molar-refractivity contribution is -0.125. The number of carbonyl (C=O) groups is 1. The molecule has 2 rings (SSSR count). The molecule has 1 saturated carbocycles. The highest BCUT2D eigenvalue weighted by Gasteiger charge is 2.22. The Kier molecular flexibility index (Phi) is 7.76. The van der Waals surface area contributed by atoms with Gasteiger partial charge in [-0.25, -0.2) is 0 Å². The molecule has 1 aromatic carbocycles. The van der Waals surface area contributed by atoms with Gasteiger partial charge in [-0.2, -0.15) is 0 Å². The lowest BCUT2D eigenvalue weighted by atomic mass is 9.94. The third kappa shape index (κ3) is 5.68. The summed E-state index contributed by atoms with van der Waals surface area (Å²) in [6.45, 7) is 2.54. The number of rotatable bonds is 6. The van der Waals surface area contributed by atoms with E-state index in [4.69, 9.17) is 5.73 Å². The first-order valence-corrected chi connectivity index (χ1v) is 7.75. The van der Waals surface area contributed by atoms with Crippen LogP contribution in [0.4, 0.5) is 0 Å². The van der Waals surface area contributed by atoms with E-state index in [-0.39, 0.29) is 30.3 Å². The maximum Gasteiger partial charge on any atom is 0.222 e. The maximum atomic E-state index is 12.1. The van der Waals surface area contributed by atoms with E-state index >= 15 is 0 Å². The van der Waals surface area contributed by atoms with E-state index in [0.29, 0.717) is 6.54 Å². The molecule has 21 heavy (non-hydrogen) atoms. The van der Waals surface area contributed by atoms with Crippen molar-refractivity contribution in [3.8, 4) is 0 Å². The quantitative estimate of drug-likeness (QED) is 0.845. The average Bonchev–Trinajstić information content (AvgIpc) is 2.98. The summed E-state index contributed by atoms with van der Waals surface area (Å²) < 4.78 is 0. The van der Waals surface area contributed by atoms with Gasteiger partial charge in [0, 0.05) is 18.5 Å². The minimum Gasteiger partial charge on any atom is -0.354 e. The molecule has 0 bridgehead atoms. The van der Waals surface area contributed by atoms with Crippen molar-refractivity contribution in [3.05, 3.63) is 35.9 Å². The number of nitrogens with two attached hydrogens (primary N) is 1. The minimum atomic E-state index is -0.126. The van der Waals surface area contributed by atoms with Crippen molar-refractivity contribution < 1.29 is 4.79 Å². The summed E-state index contributed by atoms with van der Waals surface area (Å²) >= 11 is 0. The maximum absolute atomic E-state index is 12.1. The predicted molar refractivity (Wildman–Crippen MR) is 89.4 cm³/mol. The summed E-state index contributed by atoms with van der Waals surface area (Å²) in [5.41, 5.74) is 7.16. The Labute approximate surface area is 134 Å². The molecule has 1 aliphatic carbocycles. The van der Waals surface area contributed by atoms with Crippen molar-refractivity contribution >= 4 is 18.3 Å². The van der Waals surface area contributed by atoms with Crippen LogP contribution < -0.4 is 11.1 Å². The van der Waals surface area contributed by atoms with Crippen molar-refractivity contribution in [2.75, 3.05) is 6.54 Å². The molecular weight excluding hydrogens is 284 g/mol. The summed E-state index contributed by atoms with van der Waals surface area (Å²) in [4.78, 5) is 12.1. The van der Waals surface area contributed by atoms with E-state index in [9.17, 15) is 4.79 Å². The van der Waals surface area contributed by atoms with Crippen LogP contribution >= 0.6 is 12.4 Å². The van der Waals surface area contributed by atoms with Crippen molar-refractivity contribution in [2.24, 2.45) is 17.6 Å². The molecule has 1 fully saturated rings. The largest absolute Gasteiger partial charge is 0.354 e. The Hall–Kier alpha value is -1.06. The van der Waals surface area contributed by atoms with Crippen LogP contribution in [0.15, 0.2) is 30.3 Å². The van der Waals surface area contributed by atoms with Crippen LogP contribution in [0.5, 0.6) is 0 Å². The zero-order chi connectivity index (χ0) is 14.4. The van der Waals surface area contributed by atoms with Crippen LogP contribution in [0, 0.1) is 11.8 Å². The molecule has 0 spiro atoms. The predicted octanol–water partition coefficient (Wildman–Crippen LogP) is 3.44. The van der Waals surface area contributed by atoms with Gasteiger partial charge in [-0.1, -0.05) is 62.9 Å². The molecule has 0 heterocycles. The first kappa shape index (κ1) is 18.0. The second-order valence-corrected chi connectivity index (χ2v) is 6.05. The van der Waals surface area contributed by atoms with Gasteiger partial charge < -0.3 is 11.1 Å². The van der Waals surface area contributed by atoms with Crippen LogP contribution in [0.2, 0.25) is 0 Å². The van der Waals surface area contributed by atoms with Gasteiger partial charge in [-0.05, 0) is 17.9 Å². The Morgan fingerprint density at radius 2 is 1.90 bits per heavy atom. The van der Waals surface area contributed by atoms with E-state index in [1.807, 2.05) is 37.3 Å². The van der Waals surface area contributed by atoms with E-state index < -0.39 is 0 Å². The average molecular weight is 311 g/mol. The SMILES string of the molecule is CC(CC1CCCC1)C(=O)NCC(N)c1ccccc1.Cl. The Bertz CT molecular complexity index is 418. The van der Waals surface area contributed by atoms with Crippen molar-refractivity contribution in [1.29, 1.82) is 0 Å². The standard InChI is InChI=1S/C17H26N2O.ClH/c1-13(11-14-7-5-6-8-14)17(20)19-12-16(18)15-9-3-2-4-10-15;/h2-4,9-10,13-14,16H,5-8,11-12,18H2,1H3,(H,19,20);1H. The van der Waals surface area contributed by atoms with Gasteiger partial charge in [-0.15, -0.1) is 12.4 Å². The van der Waals surface area contributed by atoms with Crippen LogP contribution in [0.3, 0.4) is 0 Å². The third-order valence-corrected chi connectivity index (χ3v) is 4.33. The number of benzene rings is 1. The molecule has 1 aliphatic rings. The molecular formula is C17H27ClN2O. The molecule has 2 unspecified atom stereocenters. The molecule has 2 atom stereocenters. The molecule has 3 N–H and O–H groups in total. The molecule has 0 radical (unpaired) electrons. The zero-order valence-corrected chi connectivity index (χ0v) is 13.6. The van der Waals surface area contributed by atoms with E-state index in [2.05, 4.69) is 5.32 Å². The van der Waals surface area contributed by atoms with Crippen molar-refractivity contribution in [2.45, 2.75) is 45.1 Å². The number of carbonyl (C=O) groups excluding carboxylic acids is 1. The van der Waals surface area contributed by atoms with Gasteiger partial charge in [0.1, 0.15) is 0 Å². The first-order valence-electron chi connectivity index (χ1n) is 7.75. The van der Waals surface area contributed by atoms with E-state index in [0.717, 1.165) is 17.9 Å². The van der Waals surface area contributed by atoms with Gasteiger partial charge >= 0.3 is 0 Å². The first-order chi connectivity index (χ1) is 9.66. The fraction of sp³-hybridized carbons (Fsp3) is 0.588. The molecule has 1 amide bonds. The topological polar surface area (TPSA) is 55.1 Å². The van der Waals surface area contributed by atoms with E-state index in [1.165, 1.54) is 25.7 Å². The summed E-state index contributed by atoms with van der Waals surface area (Å²) in [6.07, 6.45) is 6.27. The Balaban J connectivity index is 0.00000220. The van der Waals surface area contributed by atoms with Gasteiger partial charge in [0.2, 0.25) is 5.91 Å². The molecule has 3 nitrogen and oxygen atoms in total. The fourth-order valence-corrected chi connectivity index (χ4v) is 3.06. The van der Waals surface area contributed by atoms with Crippen LogP contribution in [-0.2, 0) is 4.79 Å². The van der Waals surface area contributed by atoms with Gasteiger partial charge in [0.25, 0.3) is 0 Å². The second-order valence-electron chi connectivity index (χ2n) is 6.05. The van der Waals surface area contributed by atoms with Gasteiger partial charge in [0.05, 0.1) is 0 Å². The normalized spacial score (nSPS) is 17.8. The van der Waals surface area contributed by atoms with Gasteiger partial charge in [-0.3, -0.25) is 4.79 Å². The molecule has 4 heteroatoms. The second kappa shape index (κ2) is 9.06. The summed E-state index contributed by atoms with van der Waals surface area (Å²) in [6, 6.07) is 9.79. The highest BCUT2D eigenvalue weighted by molar-refractivity contribution is 5.85. The van der Waals surface area contributed by atoms with Gasteiger partial charge in [0.15, 0.2) is 0 Å². The van der Waals surface area contributed by atoms with Crippen LogP contribution in [0.1, 0.15) is 50.6 Å². The number of hydrogen-bond donors (Lipinski definition) is 2. The molecule has 1 aromatic rings. The number of nitrogens with one attached hydrogen (secondary N) is 1. The fourth-order valence-electron chi connectivity index (χ4n) is 3.06. The summed E-state index contributed by atoms with van der Waals surface area (Å²) in [5.74, 6) is 0.989. The van der Waals surface area contributed by atoms with Crippen molar-refractivity contribution in [1.82, 2.24) is 5.32 Å². The molecule has 0 saturated heterocycles. The summed E-state index contributed by atoms with van der Waals surface area (Å²) in [5, 5.41) is 2.99. The smallest absolute Gasteiger partial charge is 0.222 e. The lowest BCUT2D eigenvalue weighted by Gasteiger charge is -2.18. The lowest BCUT2D eigenvalue weighted by Crippen LogP contribution is -2.35. The molecule has 0 aromatic heterocycles. The highest BCUT2D eigenvalue weighted by atomic mass is 35.5. The Morgan fingerprint density at radius 3 is 2.52 bits per heavy atom. The number of amides is 1. The minimum absolute atomic E-state index is 0. The van der Waals surface area contributed by atoms with E-state index in [1.54, 1.807) is 0 Å². The molecule has 118 valence electrons. The zero-order valence-electron chi connectivity index (χ0n) is 12.8. The molecule has 0 aliphatic heterocycles. The summed E-state index contributed by atoms with van der Waals surface area (Å²) in [7, 11) is 0.